The van der Waals surface area contributed by atoms with Crippen LogP contribution in [0.3, 0.4) is 0 Å². The minimum absolute atomic E-state index is 0.202. The molecular formula is C18H31N. The van der Waals surface area contributed by atoms with Gasteiger partial charge in [-0.05, 0) is 76.6 Å². The molecule has 0 fully saturated rings. The fourth-order valence-electron chi connectivity index (χ4n) is 3.12. The smallest absolute Gasteiger partial charge is 0.00965 e. The number of aryl methyl sites for hydroxylation is 3. The molecule has 0 amide bonds. The molecule has 1 N–H and O–H groups in total. The van der Waals surface area contributed by atoms with Gasteiger partial charge in [-0.1, -0.05) is 31.5 Å². The Morgan fingerprint density at radius 3 is 1.79 bits per heavy atom. The van der Waals surface area contributed by atoms with Gasteiger partial charge in [0.25, 0.3) is 0 Å². The van der Waals surface area contributed by atoms with Crippen molar-refractivity contribution in [3.63, 3.8) is 0 Å². The van der Waals surface area contributed by atoms with Crippen molar-refractivity contribution < 1.29 is 0 Å². The molecule has 1 nitrogen and oxygen atoms in total. The van der Waals surface area contributed by atoms with Crippen molar-refractivity contribution in [1.29, 1.82) is 0 Å². The molecule has 0 aliphatic heterocycles. The molecule has 1 heteroatoms. The first-order chi connectivity index (χ1) is 8.53. The minimum atomic E-state index is 0.202. The largest absolute Gasteiger partial charge is 0.312 e. The molecule has 0 saturated carbocycles. The molecule has 0 radical (unpaired) electrons. The molecule has 0 aliphatic carbocycles. The van der Waals surface area contributed by atoms with Crippen molar-refractivity contribution in [2.75, 3.05) is 6.54 Å². The average molecular weight is 261 g/mol. The predicted octanol–water partition coefficient (Wildman–Crippen LogP) is 4.67. The van der Waals surface area contributed by atoms with E-state index >= 15 is 0 Å². The fraction of sp³-hybridized carbons (Fsp3) is 0.667. The van der Waals surface area contributed by atoms with Crippen LogP contribution in [0.4, 0.5) is 0 Å². The minimum Gasteiger partial charge on any atom is -0.312 e. The maximum atomic E-state index is 3.60. The van der Waals surface area contributed by atoms with E-state index in [9.17, 15) is 0 Å². The van der Waals surface area contributed by atoms with Crippen molar-refractivity contribution in [1.82, 2.24) is 5.32 Å². The molecule has 0 spiro atoms. The van der Waals surface area contributed by atoms with Crippen LogP contribution in [0.15, 0.2) is 12.1 Å². The van der Waals surface area contributed by atoms with Crippen molar-refractivity contribution in [2.45, 2.75) is 72.8 Å². The Balaban J connectivity index is 2.88. The van der Waals surface area contributed by atoms with E-state index in [0.717, 1.165) is 13.0 Å². The third-order valence-corrected chi connectivity index (χ3v) is 3.76. The summed E-state index contributed by atoms with van der Waals surface area (Å²) in [5.41, 5.74) is 6.17. The molecular weight excluding hydrogens is 230 g/mol. The van der Waals surface area contributed by atoms with E-state index in [-0.39, 0.29) is 11.0 Å². The summed E-state index contributed by atoms with van der Waals surface area (Å²) < 4.78 is 0. The van der Waals surface area contributed by atoms with Gasteiger partial charge < -0.3 is 5.32 Å². The van der Waals surface area contributed by atoms with Crippen LogP contribution in [0.2, 0.25) is 0 Å². The zero-order valence-corrected chi connectivity index (χ0v) is 14.1. The maximum Gasteiger partial charge on any atom is 0.00965 e. The van der Waals surface area contributed by atoms with Gasteiger partial charge in [-0.15, -0.1) is 0 Å². The van der Waals surface area contributed by atoms with Gasteiger partial charge in [-0.3, -0.25) is 0 Å². The number of benzene rings is 1. The van der Waals surface area contributed by atoms with Gasteiger partial charge in [0.05, 0.1) is 0 Å². The van der Waals surface area contributed by atoms with Gasteiger partial charge >= 0.3 is 0 Å². The second kappa shape index (κ2) is 5.66. The van der Waals surface area contributed by atoms with E-state index in [4.69, 9.17) is 0 Å². The molecule has 0 saturated heterocycles. The quantitative estimate of drug-likeness (QED) is 0.830. The van der Waals surface area contributed by atoms with Gasteiger partial charge in [-0.25, -0.2) is 0 Å². The third-order valence-electron chi connectivity index (χ3n) is 3.76. The summed E-state index contributed by atoms with van der Waals surface area (Å²) in [5.74, 6) is 0. The molecule has 0 aromatic heterocycles. The van der Waals surface area contributed by atoms with E-state index in [1.54, 1.807) is 0 Å². The fourth-order valence-corrected chi connectivity index (χ4v) is 3.12. The lowest BCUT2D eigenvalue weighted by Crippen LogP contribution is -2.38. The first-order valence-corrected chi connectivity index (χ1v) is 7.36. The number of nitrogens with one attached hydrogen (secondary N) is 1. The Bertz CT molecular complexity index is 412. The third kappa shape index (κ3) is 4.65. The lowest BCUT2D eigenvalue weighted by Gasteiger charge is -2.31. The van der Waals surface area contributed by atoms with Crippen LogP contribution >= 0.6 is 0 Å². The highest BCUT2D eigenvalue weighted by Gasteiger charge is 2.24. The molecule has 1 aromatic rings. The summed E-state index contributed by atoms with van der Waals surface area (Å²) in [7, 11) is 0. The van der Waals surface area contributed by atoms with Gasteiger partial charge in [-0.2, -0.15) is 0 Å². The highest BCUT2D eigenvalue weighted by atomic mass is 14.9. The standard InChI is InChI=1S/C18H31N/c1-13-11-14(2)16(15(3)12-13)18(7,8)9-10-19-17(4,5)6/h11-12,19H,9-10H2,1-8H3. The molecule has 1 rings (SSSR count). The van der Waals surface area contributed by atoms with Crippen LogP contribution in [0.5, 0.6) is 0 Å². The summed E-state index contributed by atoms with van der Waals surface area (Å²) in [4.78, 5) is 0. The first kappa shape index (κ1) is 16.2. The Kier molecular flexibility index (Phi) is 4.84. The van der Waals surface area contributed by atoms with Crippen LogP contribution in [0.1, 0.15) is 63.3 Å². The lowest BCUT2D eigenvalue weighted by molar-refractivity contribution is 0.378. The van der Waals surface area contributed by atoms with Crippen LogP contribution in [-0.2, 0) is 5.41 Å². The van der Waals surface area contributed by atoms with Crippen LogP contribution in [0.25, 0.3) is 0 Å². The Hall–Kier alpha value is -0.820. The van der Waals surface area contributed by atoms with E-state index < -0.39 is 0 Å². The summed E-state index contributed by atoms with van der Waals surface area (Å²) in [6.07, 6.45) is 1.16. The first-order valence-electron chi connectivity index (χ1n) is 7.36. The molecule has 108 valence electrons. The zero-order valence-electron chi connectivity index (χ0n) is 14.1. The highest BCUT2D eigenvalue weighted by Crippen LogP contribution is 2.32. The zero-order chi connectivity index (χ0) is 14.8. The van der Waals surface area contributed by atoms with Crippen molar-refractivity contribution in [2.24, 2.45) is 0 Å². The molecule has 0 atom stereocenters. The normalized spacial score (nSPS) is 12.8. The molecule has 0 aliphatic rings. The monoisotopic (exact) mass is 261 g/mol. The topological polar surface area (TPSA) is 12.0 Å². The van der Waals surface area contributed by atoms with Gasteiger partial charge in [0.15, 0.2) is 0 Å². The van der Waals surface area contributed by atoms with E-state index in [1.807, 2.05) is 0 Å². The molecule has 0 heterocycles. The van der Waals surface area contributed by atoms with Crippen LogP contribution in [-0.4, -0.2) is 12.1 Å². The summed E-state index contributed by atoms with van der Waals surface area (Å²) in [6.45, 7) is 19.1. The van der Waals surface area contributed by atoms with Crippen LogP contribution < -0.4 is 5.32 Å². The van der Waals surface area contributed by atoms with E-state index in [2.05, 4.69) is 72.8 Å². The van der Waals surface area contributed by atoms with Crippen molar-refractivity contribution >= 4 is 0 Å². The second-order valence-electron chi connectivity index (χ2n) is 7.58. The highest BCUT2D eigenvalue weighted by molar-refractivity contribution is 5.42. The van der Waals surface area contributed by atoms with E-state index in [1.165, 1.54) is 22.3 Å². The Morgan fingerprint density at radius 1 is 0.895 bits per heavy atom. The lowest BCUT2D eigenvalue weighted by atomic mass is 9.76. The maximum absolute atomic E-state index is 3.60. The van der Waals surface area contributed by atoms with E-state index in [0.29, 0.717) is 0 Å². The van der Waals surface area contributed by atoms with Gasteiger partial charge in [0.1, 0.15) is 0 Å². The Labute approximate surface area is 119 Å². The molecule has 19 heavy (non-hydrogen) atoms. The summed E-state index contributed by atoms with van der Waals surface area (Å²) >= 11 is 0. The molecule has 0 bridgehead atoms. The average Bonchev–Trinajstić information content (AvgIpc) is 2.11. The Morgan fingerprint density at radius 2 is 1.37 bits per heavy atom. The van der Waals surface area contributed by atoms with Crippen molar-refractivity contribution in [3.8, 4) is 0 Å². The predicted molar refractivity (Wildman–Crippen MR) is 86.1 cm³/mol. The summed E-state index contributed by atoms with van der Waals surface area (Å²) in [5, 5.41) is 3.60. The second-order valence-corrected chi connectivity index (χ2v) is 7.58. The molecule has 0 unspecified atom stereocenters. The van der Waals surface area contributed by atoms with Gasteiger partial charge in [0.2, 0.25) is 0 Å². The van der Waals surface area contributed by atoms with Gasteiger partial charge in [0, 0.05) is 5.54 Å². The number of hydrogen-bond donors (Lipinski definition) is 1. The van der Waals surface area contributed by atoms with Crippen molar-refractivity contribution in [3.05, 3.63) is 34.4 Å². The van der Waals surface area contributed by atoms with Crippen LogP contribution in [0, 0.1) is 20.8 Å². The number of hydrogen-bond acceptors (Lipinski definition) is 1. The summed E-state index contributed by atoms with van der Waals surface area (Å²) in [6, 6.07) is 4.61. The number of rotatable bonds is 4. The molecule has 1 aromatic carbocycles. The SMILES string of the molecule is Cc1cc(C)c(C(C)(C)CCNC(C)(C)C)c(C)c1.